The van der Waals surface area contributed by atoms with Crippen LogP contribution in [-0.2, 0) is 24.3 Å². The Labute approximate surface area is 212 Å². The molecular formula is C28H25ClN4O3. The summed E-state index contributed by atoms with van der Waals surface area (Å²) in [5.41, 5.74) is 3.88. The molecule has 8 heteroatoms. The first-order chi connectivity index (χ1) is 17.4. The second kappa shape index (κ2) is 9.87. The minimum atomic E-state index is -0.732. The average molecular weight is 501 g/mol. The quantitative estimate of drug-likeness (QED) is 0.331. The van der Waals surface area contributed by atoms with E-state index in [1.54, 1.807) is 36.4 Å². The van der Waals surface area contributed by atoms with Crippen molar-refractivity contribution in [3.8, 4) is 0 Å². The molecule has 0 atom stereocenters. The van der Waals surface area contributed by atoms with Crippen molar-refractivity contribution in [2.45, 2.75) is 26.4 Å². The third-order valence-electron chi connectivity index (χ3n) is 6.33. The third-order valence-corrected chi connectivity index (χ3v) is 6.58. The summed E-state index contributed by atoms with van der Waals surface area (Å²) in [6.45, 7) is 2.45. The van der Waals surface area contributed by atoms with Crippen molar-refractivity contribution in [2.24, 2.45) is 0 Å². The van der Waals surface area contributed by atoms with Crippen LogP contribution in [0.15, 0.2) is 82.5 Å². The summed E-state index contributed by atoms with van der Waals surface area (Å²) >= 11 is 5.97. The van der Waals surface area contributed by atoms with Crippen LogP contribution in [0.25, 0.3) is 21.9 Å². The van der Waals surface area contributed by atoms with Crippen LogP contribution < -0.4 is 16.4 Å². The lowest BCUT2D eigenvalue weighted by molar-refractivity contribution is -0.121. The molecule has 0 spiro atoms. The van der Waals surface area contributed by atoms with Gasteiger partial charge in [0.1, 0.15) is 6.54 Å². The van der Waals surface area contributed by atoms with E-state index in [0.717, 1.165) is 22.0 Å². The van der Waals surface area contributed by atoms with E-state index in [9.17, 15) is 14.4 Å². The molecule has 0 radical (unpaired) electrons. The number of carbonyl (C=O) groups is 1. The number of hydrogen-bond donors (Lipinski definition) is 2. The number of aromatic amines is 1. The first-order valence-electron chi connectivity index (χ1n) is 11.7. The molecule has 2 aromatic heterocycles. The minimum absolute atomic E-state index is 0.225. The highest BCUT2D eigenvalue weighted by molar-refractivity contribution is 6.30. The van der Waals surface area contributed by atoms with Gasteiger partial charge in [0.2, 0.25) is 5.91 Å². The fourth-order valence-corrected chi connectivity index (χ4v) is 4.62. The molecule has 0 unspecified atom stereocenters. The van der Waals surface area contributed by atoms with E-state index in [-0.39, 0.29) is 19.0 Å². The molecule has 7 nitrogen and oxygen atoms in total. The Bertz CT molecular complexity index is 1700. The van der Waals surface area contributed by atoms with Crippen molar-refractivity contribution in [2.75, 3.05) is 6.54 Å². The molecule has 2 heterocycles. The van der Waals surface area contributed by atoms with Gasteiger partial charge in [-0.15, -0.1) is 0 Å². The maximum atomic E-state index is 13.0. The molecule has 0 fully saturated rings. The number of hydrogen-bond acceptors (Lipinski definition) is 3. The monoisotopic (exact) mass is 500 g/mol. The topological polar surface area (TPSA) is 88.9 Å². The Morgan fingerprint density at radius 3 is 2.39 bits per heavy atom. The Hall–Kier alpha value is -4.10. The number of fused-ring (bicyclic) bond motifs is 2. The molecule has 0 saturated heterocycles. The lowest BCUT2D eigenvalue weighted by atomic mass is 10.1. The first kappa shape index (κ1) is 23.6. The van der Waals surface area contributed by atoms with Crippen LogP contribution in [0.5, 0.6) is 0 Å². The van der Waals surface area contributed by atoms with Gasteiger partial charge in [-0.2, -0.15) is 0 Å². The molecule has 5 aromatic rings. The summed E-state index contributed by atoms with van der Waals surface area (Å²) in [7, 11) is 0. The number of para-hydroxylation sites is 2. The van der Waals surface area contributed by atoms with E-state index in [1.165, 1.54) is 14.7 Å². The van der Waals surface area contributed by atoms with Gasteiger partial charge in [0.25, 0.3) is 0 Å². The van der Waals surface area contributed by atoms with E-state index in [1.807, 2.05) is 31.3 Å². The number of benzene rings is 3. The molecule has 0 saturated carbocycles. The van der Waals surface area contributed by atoms with Crippen LogP contribution in [0.1, 0.15) is 16.7 Å². The van der Waals surface area contributed by atoms with Crippen molar-refractivity contribution >= 4 is 39.4 Å². The average Bonchev–Trinajstić information content (AvgIpc) is 3.27. The SMILES string of the molecule is Cc1ccc2[nH]cc(CCNC(=O)Cn3c(=O)c(=O)n(Cc4ccc(Cl)cc4)c4ccccc43)c2c1. The number of halogens is 1. The highest BCUT2D eigenvalue weighted by Gasteiger charge is 2.16. The van der Waals surface area contributed by atoms with E-state index in [2.05, 4.69) is 22.4 Å². The number of nitrogens with zero attached hydrogens (tertiary/aromatic N) is 2. The van der Waals surface area contributed by atoms with Crippen molar-refractivity contribution in [3.63, 3.8) is 0 Å². The minimum Gasteiger partial charge on any atom is -0.361 e. The van der Waals surface area contributed by atoms with E-state index < -0.39 is 11.1 Å². The van der Waals surface area contributed by atoms with Crippen LogP contribution in [0.3, 0.4) is 0 Å². The number of aryl methyl sites for hydroxylation is 1. The zero-order valence-electron chi connectivity index (χ0n) is 19.8. The van der Waals surface area contributed by atoms with Crippen molar-refractivity contribution in [1.29, 1.82) is 0 Å². The highest BCUT2D eigenvalue weighted by atomic mass is 35.5. The molecule has 0 aliphatic carbocycles. The van der Waals surface area contributed by atoms with Gasteiger partial charge in [-0.3, -0.25) is 23.5 Å². The summed E-state index contributed by atoms with van der Waals surface area (Å²) in [5, 5.41) is 4.62. The van der Waals surface area contributed by atoms with Crippen LogP contribution in [0, 0.1) is 6.92 Å². The Kier molecular flexibility index (Phi) is 6.48. The molecule has 0 aliphatic heterocycles. The van der Waals surface area contributed by atoms with Gasteiger partial charge < -0.3 is 10.3 Å². The molecule has 0 aliphatic rings. The van der Waals surface area contributed by atoms with Gasteiger partial charge in [-0.1, -0.05) is 47.5 Å². The molecule has 0 bridgehead atoms. The van der Waals surface area contributed by atoms with Gasteiger partial charge in [-0.25, -0.2) is 0 Å². The molecule has 182 valence electrons. The summed E-state index contributed by atoms with van der Waals surface area (Å²) in [6, 6.07) is 20.4. The van der Waals surface area contributed by atoms with Crippen LogP contribution in [0.2, 0.25) is 5.02 Å². The lowest BCUT2D eigenvalue weighted by Crippen LogP contribution is -2.44. The number of nitrogens with one attached hydrogen (secondary N) is 2. The van der Waals surface area contributed by atoms with Gasteiger partial charge >= 0.3 is 11.1 Å². The molecule has 2 N–H and O–H groups in total. The largest absolute Gasteiger partial charge is 0.361 e. The van der Waals surface area contributed by atoms with Crippen molar-refractivity contribution in [1.82, 2.24) is 19.4 Å². The normalized spacial score (nSPS) is 11.3. The molecule has 5 rings (SSSR count). The van der Waals surface area contributed by atoms with Crippen LogP contribution in [0.4, 0.5) is 0 Å². The summed E-state index contributed by atoms with van der Waals surface area (Å²) < 4.78 is 2.69. The lowest BCUT2D eigenvalue weighted by Gasteiger charge is -2.15. The van der Waals surface area contributed by atoms with E-state index in [4.69, 9.17) is 11.6 Å². The zero-order chi connectivity index (χ0) is 25.2. The van der Waals surface area contributed by atoms with Crippen LogP contribution in [-0.4, -0.2) is 26.6 Å². The Morgan fingerprint density at radius 2 is 1.64 bits per heavy atom. The molecular weight excluding hydrogens is 476 g/mol. The second-order valence-electron chi connectivity index (χ2n) is 8.86. The number of carbonyl (C=O) groups excluding carboxylic acids is 1. The number of H-pyrrole nitrogens is 1. The Morgan fingerprint density at radius 1 is 0.944 bits per heavy atom. The summed E-state index contributed by atoms with van der Waals surface area (Å²) in [4.78, 5) is 42.1. The third kappa shape index (κ3) is 4.70. The highest BCUT2D eigenvalue weighted by Crippen LogP contribution is 2.20. The van der Waals surface area contributed by atoms with Crippen LogP contribution >= 0.6 is 11.6 Å². The van der Waals surface area contributed by atoms with E-state index >= 15 is 0 Å². The standard InChI is InChI=1S/C28H25ClN4O3/c1-18-6-11-23-22(14-18)20(15-31-23)12-13-30-26(34)17-33-25-5-3-2-4-24(25)32(27(35)28(33)36)16-19-7-9-21(29)10-8-19/h2-11,14-15,31H,12-13,16-17H2,1H3,(H,30,34). The smallest absolute Gasteiger partial charge is 0.317 e. The fourth-order valence-electron chi connectivity index (χ4n) is 4.49. The van der Waals surface area contributed by atoms with Gasteiger partial charge in [0.05, 0.1) is 17.6 Å². The summed E-state index contributed by atoms with van der Waals surface area (Å²) in [5.74, 6) is -0.326. The van der Waals surface area contributed by atoms with Gasteiger partial charge in [-0.05, 0) is 60.9 Å². The maximum absolute atomic E-state index is 13.0. The Balaban J connectivity index is 1.36. The zero-order valence-corrected chi connectivity index (χ0v) is 20.5. The number of amides is 1. The van der Waals surface area contributed by atoms with E-state index in [0.29, 0.717) is 29.0 Å². The van der Waals surface area contributed by atoms with Gasteiger partial charge in [0.15, 0.2) is 0 Å². The number of rotatable bonds is 7. The summed E-state index contributed by atoms with van der Waals surface area (Å²) in [6.07, 6.45) is 2.60. The second-order valence-corrected chi connectivity index (χ2v) is 9.30. The molecule has 36 heavy (non-hydrogen) atoms. The predicted molar refractivity (Wildman–Crippen MR) is 143 cm³/mol. The predicted octanol–water partition coefficient (Wildman–Crippen LogP) is 4.01. The van der Waals surface area contributed by atoms with Crippen molar-refractivity contribution in [3.05, 3.63) is 115 Å². The van der Waals surface area contributed by atoms with Gasteiger partial charge in [0, 0.05) is 28.7 Å². The maximum Gasteiger partial charge on any atom is 0.317 e. The number of aromatic nitrogens is 3. The molecule has 1 amide bonds. The van der Waals surface area contributed by atoms with Crippen molar-refractivity contribution < 1.29 is 4.79 Å². The fraction of sp³-hybridized carbons (Fsp3) is 0.179. The first-order valence-corrected chi connectivity index (χ1v) is 12.1. The molecule has 3 aromatic carbocycles.